The second kappa shape index (κ2) is 3.46. The van der Waals surface area contributed by atoms with Crippen molar-refractivity contribution in [1.82, 2.24) is 0 Å². The summed E-state index contributed by atoms with van der Waals surface area (Å²) in [5.74, 6) is 0.197. The number of thiophene rings is 1. The molecule has 1 unspecified atom stereocenters. The highest BCUT2D eigenvalue weighted by molar-refractivity contribution is 7.10. The molecule has 1 aliphatic rings. The SMILES string of the molecule is C=C1C(=O)C=CC(C)(C)C1c1cccs1. The fourth-order valence-electron chi connectivity index (χ4n) is 2.08. The Morgan fingerprint density at radius 1 is 1.47 bits per heavy atom. The summed E-state index contributed by atoms with van der Waals surface area (Å²) in [6.07, 6.45) is 3.64. The molecule has 0 fully saturated rings. The van der Waals surface area contributed by atoms with Crippen LogP contribution in [0, 0.1) is 5.41 Å². The number of carbonyl (C=O) groups is 1. The summed E-state index contributed by atoms with van der Waals surface area (Å²) in [4.78, 5) is 12.8. The van der Waals surface area contributed by atoms with Gasteiger partial charge in [0.25, 0.3) is 0 Å². The summed E-state index contributed by atoms with van der Waals surface area (Å²) in [5.41, 5.74) is 0.695. The van der Waals surface area contributed by atoms with Crippen LogP contribution in [0.1, 0.15) is 24.6 Å². The van der Waals surface area contributed by atoms with Gasteiger partial charge < -0.3 is 0 Å². The third kappa shape index (κ3) is 1.70. The van der Waals surface area contributed by atoms with E-state index in [4.69, 9.17) is 0 Å². The van der Waals surface area contributed by atoms with Crippen LogP contribution in [0.25, 0.3) is 0 Å². The van der Waals surface area contributed by atoms with Crippen LogP contribution >= 0.6 is 11.3 Å². The lowest BCUT2D eigenvalue weighted by atomic mass is 9.70. The normalized spacial score (nSPS) is 24.5. The van der Waals surface area contributed by atoms with E-state index in [2.05, 4.69) is 26.5 Å². The summed E-state index contributed by atoms with van der Waals surface area (Å²) in [7, 11) is 0. The van der Waals surface area contributed by atoms with Crippen molar-refractivity contribution in [3.63, 3.8) is 0 Å². The van der Waals surface area contributed by atoms with Crippen molar-refractivity contribution < 1.29 is 4.79 Å². The van der Waals surface area contributed by atoms with E-state index >= 15 is 0 Å². The first-order chi connectivity index (χ1) is 7.02. The molecule has 1 atom stereocenters. The fraction of sp³-hybridized carbons (Fsp3) is 0.308. The molecule has 15 heavy (non-hydrogen) atoms. The predicted molar refractivity (Wildman–Crippen MR) is 64.1 cm³/mol. The zero-order valence-electron chi connectivity index (χ0n) is 8.99. The number of hydrogen-bond donors (Lipinski definition) is 0. The highest BCUT2D eigenvalue weighted by atomic mass is 32.1. The maximum atomic E-state index is 11.6. The van der Waals surface area contributed by atoms with Gasteiger partial charge in [-0.25, -0.2) is 0 Å². The van der Waals surface area contributed by atoms with E-state index in [1.165, 1.54) is 4.88 Å². The second-order valence-electron chi connectivity index (χ2n) is 4.49. The largest absolute Gasteiger partial charge is 0.290 e. The second-order valence-corrected chi connectivity index (χ2v) is 5.47. The summed E-state index contributed by atoms with van der Waals surface area (Å²) in [5, 5.41) is 2.04. The first kappa shape index (κ1) is 10.4. The topological polar surface area (TPSA) is 17.1 Å². The molecule has 1 aromatic heterocycles. The van der Waals surface area contributed by atoms with Crippen molar-refractivity contribution in [2.75, 3.05) is 0 Å². The molecule has 2 heteroatoms. The Morgan fingerprint density at radius 3 is 2.80 bits per heavy atom. The van der Waals surface area contributed by atoms with Gasteiger partial charge in [0.2, 0.25) is 0 Å². The maximum absolute atomic E-state index is 11.6. The Balaban J connectivity index is 2.49. The molecule has 2 rings (SSSR count). The van der Waals surface area contributed by atoms with Gasteiger partial charge in [0.15, 0.2) is 5.78 Å². The van der Waals surface area contributed by atoms with Crippen LogP contribution < -0.4 is 0 Å². The number of allylic oxidation sites excluding steroid dienone is 3. The molecule has 0 amide bonds. The zero-order valence-corrected chi connectivity index (χ0v) is 9.80. The van der Waals surface area contributed by atoms with Gasteiger partial charge in [0.05, 0.1) is 0 Å². The third-order valence-electron chi connectivity index (χ3n) is 2.90. The number of ketones is 1. The lowest BCUT2D eigenvalue weighted by Gasteiger charge is -2.34. The van der Waals surface area contributed by atoms with Gasteiger partial charge in [-0.1, -0.05) is 32.6 Å². The molecule has 0 radical (unpaired) electrons. The van der Waals surface area contributed by atoms with Crippen molar-refractivity contribution in [2.24, 2.45) is 5.41 Å². The van der Waals surface area contributed by atoms with Gasteiger partial charge in [-0.2, -0.15) is 0 Å². The molecule has 1 aromatic rings. The van der Waals surface area contributed by atoms with E-state index in [-0.39, 0.29) is 17.1 Å². The molecule has 0 saturated carbocycles. The predicted octanol–water partition coefficient (Wildman–Crippen LogP) is 3.55. The van der Waals surface area contributed by atoms with Crippen LogP contribution in [0.2, 0.25) is 0 Å². The lowest BCUT2D eigenvalue weighted by molar-refractivity contribution is -0.112. The molecule has 0 aliphatic heterocycles. The van der Waals surface area contributed by atoms with E-state index in [1.807, 2.05) is 17.5 Å². The summed E-state index contributed by atoms with van der Waals surface area (Å²) >= 11 is 1.69. The van der Waals surface area contributed by atoms with Gasteiger partial charge in [-0.3, -0.25) is 4.79 Å². The quantitative estimate of drug-likeness (QED) is 0.659. The molecule has 1 heterocycles. The molecule has 78 valence electrons. The minimum Gasteiger partial charge on any atom is -0.290 e. The van der Waals surface area contributed by atoms with Crippen LogP contribution in [0.4, 0.5) is 0 Å². The Kier molecular flexibility index (Phi) is 2.39. The molecular weight excluding hydrogens is 204 g/mol. The van der Waals surface area contributed by atoms with Crippen molar-refractivity contribution in [1.29, 1.82) is 0 Å². The number of hydrogen-bond acceptors (Lipinski definition) is 2. The average Bonchev–Trinajstić information content (AvgIpc) is 2.65. The van der Waals surface area contributed by atoms with Crippen molar-refractivity contribution >= 4 is 17.1 Å². The van der Waals surface area contributed by atoms with Gasteiger partial charge in [-0.05, 0) is 22.9 Å². The Morgan fingerprint density at radius 2 is 2.20 bits per heavy atom. The number of rotatable bonds is 1. The molecule has 0 spiro atoms. The summed E-state index contributed by atoms with van der Waals surface area (Å²) in [6.45, 7) is 8.22. The maximum Gasteiger partial charge on any atom is 0.181 e. The average molecular weight is 218 g/mol. The minimum absolute atomic E-state index is 0.0180. The van der Waals surface area contributed by atoms with Crippen LogP contribution in [0.5, 0.6) is 0 Å². The van der Waals surface area contributed by atoms with Gasteiger partial charge in [0.1, 0.15) is 0 Å². The molecular formula is C13H14OS. The molecule has 0 bridgehead atoms. The molecule has 0 aromatic carbocycles. The third-order valence-corrected chi connectivity index (χ3v) is 3.84. The van der Waals surface area contributed by atoms with E-state index in [0.29, 0.717) is 5.57 Å². The fourth-order valence-corrected chi connectivity index (χ4v) is 3.13. The zero-order chi connectivity index (χ0) is 11.1. The lowest BCUT2D eigenvalue weighted by Crippen LogP contribution is -2.27. The molecule has 0 N–H and O–H groups in total. The van der Waals surface area contributed by atoms with E-state index < -0.39 is 0 Å². The van der Waals surface area contributed by atoms with Crippen LogP contribution in [0.15, 0.2) is 41.8 Å². The van der Waals surface area contributed by atoms with Gasteiger partial charge in [0, 0.05) is 16.4 Å². The highest BCUT2D eigenvalue weighted by Crippen LogP contribution is 2.45. The van der Waals surface area contributed by atoms with Crippen LogP contribution in [-0.2, 0) is 4.79 Å². The van der Waals surface area contributed by atoms with Crippen LogP contribution in [-0.4, -0.2) is 5.78 Å². The van der Waals surface area contributed by atoms with E-state index in [9.17, 15) is 4.79 Å². The van der Waals surface area contributed by atoms with Gasteiger partial charge >= 0.3 is 0 Å². The van der Waals surface area contributed by atoms with E-state index in [1.54, 1.807) is 17.4 Å². The first-order valence-corrected chi connectivity index (χ1v) is 5.86. The molecule has 0 saturated heterocycles. The smallest absolute Gasteiger partial charge is 0.181 e. The molecule has 1 aliphatic carbocycles. The van der Waals surface area contributed by atoms with Gasteiger partial charge in [-0.15, -0.1) is 11.3 Å². The Labute approximate surface area is 94.1 Å². The standard InChI is InChI=1S/C13H14OS/c1-9-10(14)6-7-13(2,3)12(9)11-5-4-8-15-11/h4-8,12H,1H2,2-3H3. The highest BCUT2D eigenvalue weighted by Gasteiger charge is 2.36. The monoisotopic (exact) mass is 218 g/mol. The van der Waals surface area contributed by atoms with E-state index in [0.717, 1.165) is 0 Å². The summed E-state index contributed by atoms with van der Waals surface area (Å²) in [6, 6.07) is 4.10. The van der Waals surface area contributed by atoms with Crippen molar-refractivity contribution in [2.45, 2.75) is 19.8 Å². The summed E-state index contributed by atoms with van der Waals surface area (Å²) < 4.78 is 0. The molecule has 1 nitrogen and oxygen atoms in total. The number of carbonyl (C=O) groups excluding carboxylic acids is 1. The van der Waals surface area contributed by atoms with Crippen LogP contribution in [0.3, 0.4) is 0 Å². The Hall–Kier alpha value is -1.15. The van der Waals surface area contributed by atoms with Crippen molar-refractivity contribution in [3.8, 4) is 0 Å². The Bertz CT molecular complexity index is 423. The van der Waals surface area contributed by atoms with Crippen molar-refractivity contribution in [3.05, 3.63) is 46.7 Å². The minimum atomic E-state index is -0.0180. The first-order valence-electron chi connectivity index (χ1n) is 4.98.